The number of quaternary nitrogens is 1. The van der Waals surface area contributed by atoms with Crippen molar-refractivity contribution in [2.75, 3.05) is 27.7 Å². The number of carbonyl (C=O) groups is 2. The molecule has 5 nitrogen and oxygen atoms in total. The van der Waals surface area contributed by atoms with Gasteiger partial charge < -0.3 is 14.3 Å². The number of carboxylic acid groups (broad SMARTS) is 1. The van der Waals surface area contributed by atoms with Crippen molar-refractivity contribution in [2.24, 2.45) is 0 Å². The highest BCUT2D eigenvalue weighted by Crippen LogP contribution is 2.12. The van der Waals surface area contributed by atoms with E-state index < -0.39 is 12.1 Å². The molecule has 0 rings (SSSR count). The minimum Gasteiger partial charge on any atom is -0.481 e. The van der Waals surface area contributed by atoms with Crippen molar-refractivity contribution in [3.8, 4) is 0 Å². The van der Waals surface area contributed by atoms with Crippen LogP contribution >= 0.6 is 0 Å². The zero-order chi connectivity index (χ0) is 20.5. The summed E-state index contributed by atoms with van der Waals surface area (Å²) in [6.07, 6.45) is 15.9. The number of unbranched alkanes of at least 4 members (excludes halogenated alkanes) is 8. The first-order valence-electron chi connectivity index (χ1n) is 10.6. The maximum Gasteiger partial charge on any atom is 0.307 e. The summed E-state index contributed by atoms with van der Waals surface area (Å²) in [6.45, 7) is 2.72. The minimum atomic E-state index is -0.929. The summed E-state index contributed by atoms with van der Waals surface area (Å²) in [5, 5.41) is 8.98. The first-order valence-corrected chi connectivity index (χ1v) is 10.6. The summed E-state index contributed by atoms with van der Waals surface area (Å²) in [4.78, 5) is 22.9. The van der Waals surface area contributed by atoms with Crippen molar-refractivity contribution in [1.82, 2.24) is 0 Å². The highest BCUT2D eigenvalue weighted by molar-refractivity contribution is 5.71. The number of hydrogen-bond donors (Lipinski definition) is 1. The second-order valence-corrected chi connectivity index (χ2v) is 8.46. The van der Waals surface area contributed by atoms with Gasteiger partial charge in [0.1, 0.15) is 6.54 Å². The second-order valence-electron chi connectivity index (χ2n) is 8.46. The van der Waals surface area contributed by atoms with E-state index in [1.165, 1.54) is 44.9 Å². The number of likely N-dealkylation sites (N-methyl/N-ethyl adjacent to an activating group) is 1. The van der Waals surface area contributed by atoms with E-state index in [4.69, 9.17) is 9.84 Å². The van der Waals surface area contributed by atoms with Crippen LogP contribution in [0.4, 0.5) is 0 Å². The highest BCUT2D eigenvalue weighted by Gasteiger charge is 2.24. The first kappa shape index (κ1) is 25.6. The molecule has 0 spiro atoms. The van der Waals surface area contributed by atoms with Crippen LogP contribution < -0.4 is 0 Å². The maximum absolute atomic E-state index is 12.0. The van der Waals surface area contributed by atoms with Crippen molar-refractivity contribution >= 4 is 11.9 Å². The van der Waals surface area contributed by atoms with Crippen molar-refractivity contribution in [2.45, 2.75) is 90.1 Å². The summed E-state index contributed by atoms with van der Waals surface area (Å²) >= 11 is 0. The molecule has 158 valence electrons. The van der Waals surface area contributed by atoms with Crippen LogP contribution in [0.3, 0.4) is 0 Å². The molecule has 27 heavy (non-hydrogen) atoms. The first-order chi connectivity index (χ1) is 12.7. The van der Waals surface area contributed by atoms with Gasteiger partial charge in [0.2, 0.25) is 0 Å². The van der Waals surface area contributed by atoms with E-state index in [2.05, 4.69) is 19.1 Å². The molecule has 0 bridgehead atoms. The summed E-state index contributed by atoms with van der Waals surface area (Å²) in [6, 6.07) is 0. The molecule has 0 heterocycles. The molecule has 0 aliphatic rings. The fraction of sp³-hybridized carbons (Fsp3) is 0.818. The lowest BCUT2D eigenvalue weighted by atomic mass is 10.1. The molecule has 0 saturated heterocycles. The molecule has 0 saturated carbocycles. The molecule has 1 atom stereocenters. The predicted octanol–water partition coefficient (Wildman–Crippen LogP) is 4.95. The number of hydrogen-bond acceptors (Lipinski definition) is 3. The van der Waals surface area contributed by atoms with Crippen LogP contribution in [0.25, 0.3) is 0 Å². The lowest BCUT2D eigenvalue weighted by molar-refractivity contribution is -0.873. The SMILES string of the molecule is CCCC/C=C/CCCCCCCCC(=O)OC(CC(=O)O)C[N+](C)(C)C. The van der Waals surface area contributed by atoms with Crippen molar-refractivity contribution < 1.29 is 23.9 Å². The number of aliphatic carboxylic acids is 1. The van der Waals surface area contributed by atoms with Gasteiger partial charge in [-0.05, 0) is 25.7 Å². The number of ether oxygens (including phenoxy) is 1. The Bertz CT molecular complexity index is 427. The largest absolute Gasteiger partial charge is 0.481 e. The van der Waals surface area contributed by atoms with E-state index in [0.717, 1.165) is 19.3 Å². The summed E-state index contributed by atoms with van der Waals surface area (Å²) < 4.78 is 5.96. The van der Waals surface area contributed by atoms with E-state index in [0.29, 0.717) is 17.4 Å². The summed E-state index contributed by atoms with van der Waals surface area (Å²) in [5.41, 5.74) is 0. The molecule has 0 fully saturated rings. The predicted molar refractivity (Wildman–Crippen MR) is 111 cm³/mol. The fourth-order valence-electron chi connectivity index (χ4n) is 2.99. The second kappa shape index (κ2) is 15.7. The third-order valence-corrected chi connectivity index (χ3v) is 4.34. The summed E-state index contributed by atoms with van der Waals surface area (Å²) in [5.74, 6) is -1.20. The number of esters is 1. The van der Waals surface area contributed by atoms with Gasteiger partial charge in [-0.1, -0.05) is 57.6 Å². The molecule has 5 heteroatoms. The number of rotatable bonds is 17. The van der Waals surface area contributed by atoms with Crippen LogP contribution in [0.5, 0.6) is 0 Å². The Morgan fingerprint density at radius 3 is 2.04 bits per heavy atom. The number of nitrogens with zero attached hydrogens (tertiary/aromatic N) is 1. The number of carboxylic acids is 1. The molecule has 1 N–H and O–H groups in total. The highest BCUT2D eigenvalue weighted by atomic mass is 16.5. The quantitative estimate of drug-likeness (QED) is 0.167. The van der Waals surface area contributed by atoms with E-state index in [1.807, 2.05) is 21.1 Å². The van der Waals surface area contributed by atoms with Gasteiger partial charge in [0.15, 0.2) is 6.10 Å². The number of allylic oxidation sites excluding steroid dienone is 2. The molecule has 0 aromatic heterocycles. The standard InChI is InChI=1S/C22H41NO4/c1-5-6-7-8-9-10-11-12-13-14-15-16-17-22(26)27-20(18-21(24)25)19-23(2,3)4/h8-9,20H,5-7,10-19H2,1-4H3/p+1/b9-8+. The summed E-state index contributed by atoms with van der Waals surface area (Å²) in [7, 11) is 5.89. The maximum atomic E-state index is 12.0. The molecule has 0 amide bonds. The normalized spacial score (nSPS) is 13.0. The number of carbonyl (C=O) groups excluding carboxylic acids is 1. The fourth-order valence-corrected chi connectivity index (χ4v) is 2.99. The molecule has 0 aromatic carbocycles. The zero-order valence-electron chi connectivity index (χ0n) is 18.0. The Hall–Kier alpha value is -1.36. The zero-order valence-corrected chi connectivity index (χ0v) is 18.0. The molecule has 1 unspecified atom stereocenters. The molecule has 0 aliphatic carbocycles. The third-order valence-electron chi connectivity index (χ3n) is 4.34. The molecule has 0 aromatic rings. The van der Waals surface area contributed by atoms with Crippen LogP contribution in [0.1, 0.15) is 84.0 Å². The van der Waals surface area contributed by atoms with Gasteiger partial charge in [-0.15, -0.1) is 0 Å². The van der Waals surface area contributed by atoms with Crippen molar-refractivity contribution in [1.29, 1.82) is 0 Å². The Balaban J connectivity index is 3.74. The Morgan fingerprint density at radius 2 is 1.48 bits per heavy atom. The van der Waals surface area contributed by atoms with E-state index >= 15 is 0 Å². The van der Waals surface area contributed by atoms with Crippen LogP contribution in [0.15, 0.2) is 12.2 Å². The van der Waals surface area contributed by atoms with Crippen LogP contribution in [-0.2, 0) is 14.3 Å². The van der Waals surface area contributed by atoms with Crippen molar-refractivity contribution in [3.05, 3.63) is 12.2 Å². The van der Waals surface area contributed by atoms with E-state index in [-0.39, 0.29) is 12.4 Å². The monoisotopic (exact) mass is 384 g/mol. The topological polar surface area (TPSA) is 63.6 Å². The van der Waals surface area contributed by atoms with Crippen LogP contribution in [0, 0.1) is 0 Å². The van der Waals surface area contributed by atoms with Gasteiger partial charge in [0.25, 0.3) is 0 Å². The van der Waals surface area contributed by atoms with Gasteiger partial charge in [0.05, 0.1) is 27.6 Å². The average molecular weight is 385 g/mol. The minimum absolute atomic E-state index is 0.131. The lowest BCUT2D eigenvalue weighted by Gasteiger charge is -2.28. The molecule has 0 radical (unpaired) electrons. The third kappa shape index (κ3) is 19.2. The average Bonchev–Trinajstić information content (AvgIpc) is 2.53. The molecular weight excluding hydrogens is 342 g/mol. The van der Waals surface area contributed by atoms with Gasteiger partial charge >= 0.3 is 11.9 Å². The smallest absolute Gasteiger partial charge is 0.307 e. The Morgan fingerprint density at radius 1 is 0.926 bits per heavy atom. The Kier molecular flexibility index (Phi) is 14.9. The Labute approximate surface area is 166 Å². The van der Waals surface area contributed by atoms with Crippen LogP contribution in [-0.4, -0.2) is 55.3 Å². The van der Waals surface area contributed by atoms with Gasteiger partial charge in [-0.3, -0.25) is 9.59 Å². The van der Waals surface area contributed by atoms with Gasteiger partial charge in [-0.2, -0.15) is 0 Å². The van der Waals surface area contributed by atoms with E-state index in [9.17, 15) is 9.59 Å². The molecule has 0 aliphatic heterocycles. The molecular formula is C22H42NO4+. The van der Waals surface area contributed by atoms with Crippen LogP contribution in [0.2, 0.25) is 0 Å². The van der Waals surface area contributed by atoms with Gasteiger partial charge in [-0.25, -0.2) is 0 Å². The van der Waals surface area contributed by atoms with Gasteiger partial charge in [0, 0.05) is 6.42 Å². The lowest BCUT2D eigenvalue weighted by Crippen LogP contribution is -2.43. The van der Waals surface area contributed by atoms with Crippen molar-refractivity contribution in [3.63, 3.8) is 0 Å². The van der Waals surface area contributed by atoms with E-state index in [1.54, 1.807) is 0 Å².